The van der Waals surface area contributed by atoms with Gasteiger partial charge in [0, 0.05) is 18.7 Å². The Morgan fingerprint density at radius 1 is 1.19 bits per heavy atom. The van der Waals surface area contributed by atoms with Crippen LogP contribution in [0, 0.1) is 0 Å². The van der Waals surface area contributed by atoms with Gasteiger partial charge < -0.3 is 10.4 Å². The minimum Gasteiger partial charge on any atom is -0.478 e. The van der Waals surface area contributed by atoms with Crippen molar-refractivity contribution in [2.24, 2.45) is 0 Å². The van der Waals surface area contributed by atoms with Crippen LogP contribution < -0.4 is 5.32 Å². The monoisotopic (exact) mass is 454 g/mol. The number of hydrogen-bond donors (Lipinski definition) is 2. The van der Waals surface area contributed by atoms with Gasteiger partial charge >= 0.3 is 5.97 Å². The normalized spacial score (nSPS) is 14.9. The van der Waals surface area contributed by atoms with Crippen molar-refractivity contribution in [1.82, 2.24) is 4.90 Å². The highest BCUT2D eigenvalue weighted by Crippen LogP contribution is 2.32. The van der Waals surface area contributed by atoms with E-state index in [4.69, 9.17) is 17.3 Å². The van der Waals surface area contributed by atoms with Gasteiger partial charge in [0.1, 0.15) is 4.32 Å². The lowest BCUT2D eigenvalue weighted by atomic mass is 10.1. The van der Waals surface area contributed by atoms with Crippen LogP contribution in [0.25, 0.3) is 6.08 Å². The molecule has 0 radical (unpaired) electrons. The summed E-state index contributed by atoms with van der Waals surface area (Å²) in [6.07, 6.45) is 3.42. The van der Waals surface area contributed by atoms with Crippen LogP contribution in [-0.2, 0) is 16.0 Å². The van der Waals surface area contributed by atoms with Gasteiger partial charge in [-0.15, -0.1) is 0 Å². The second-order valence-corrected chi connectivity index (χ2v) is 8.64. The number of anilines is 1. The first-order chi connectivity index (χ1) is 14.9. The average molecular weight is 455 g/mol. The number of carbonyl (C=O) groups excluding carboxylic acids is 2. The van der Waals surface area contributed by atoms with E-state index < -0.39 is 5.97 Å². The summed E-state index contributed by atoms with van der Waals surface area (Å²) >= 11 is 6.61. The Balaban J connectivity index is 1.53. The SMILES string of the molecule is CCc1ccc(/C=C2\SC(=S)N(CCCC(=O)Nc3cccc(C(=O)O)c3)C2=O)cc1. The molecule has 1 heterocycles. The standard InChI is InChI=1S/C23H22N2O4S2/c1-2-15-8-10-16(11-9-15)13-19-21(27)25(23(30)31-19)12-4-7-20(26)24-18-6-3-5-17(14-18)22(28)29/h3,5-6,8-11,13-14H,2,4,7,12H2,1H3,(H,24,26)(H,28,29)/b19-13-. The van der Waals surface area contributed by atoms with Crippen molar-refractivity contribution in [3.63, 3.8) is 0 Å². The second kappa shape index (κ2) is 10.4. The van der Waals surface area contributed by atoms with Gasteiger partial charge in [-0.3, -0.25) is 14.5 Å². The third-order valence-corrected chi connectivity index (χ3v) is 6.12. The number of carboxylic acids is 1. The van der Waals surface area contributed by atoms with Crippen LogP contribution in [0.1, 0.15) is 41.3 Å². The van der Waals surface area contributed by atoms with Crippen LogP contribution in [0.5, 0.6) is 0 Å². The van der Waals surface area contributed by atoms with Crippen molar-refractivity contribution < 1.29 is 19.5 Å². The summed E-state index contributed by atoms with van der Waals surface area (Å²) in [5.41, 5.74) is 2.71. The number of carbonyl (C=O) groups is 3. The predicted octanol–water partition coefficient (Wildman–Crippen LogP) is 4.57. The number of aryl methyl sites for hydroxylation is 1. The fourth-order valence-corrected chi connectivity index (χ4v) is 4.35. The molecule has 160 valence electrons. The topological polar surface area (TPSA) is 86.7 Å². The van der Waals surface area contributed by atoms with E-state index in [1.54, 1.807) is 12.1 Å². The first-order valence-corrected chi connectivity index (χ1v) is 11.1. The lowest BCUT2D eigenvalue weighted by Crippen LogP contribution is -2.29. The van der Waals surface area contributed by atoms with Gasteiger partial charge in [0.15, 0.2) is 0 Å². The molecule has 0 bridgehead atoms. The van der Waals surface area contributed by atoms with Crippen LogP contribution >= 0.6 is 24.0 Å². The zero-order chi connectivity index (χ0) is 22.4. The van der Waals surface area contributed by atoms with Crippen LogP contribution in [0.4, 0.5) is 5.69 Å². The van der Waals surface area contributed by atoms with E-state index >= 15 is 0 Å². The molecular weight excluding hydrogens is 432 g/mol. The van der Waals surface area contributed by atoms with Crippen LogP contribution in [0.3, 0.4) is 0 Å². The summed E-state index contributed by atoms with van der Waals surface area (Å²) in [5.74, 6) is -1.46. The molecule has 2 amide bonds. The number of hydrogen-bond acceptors (Lipinski definition) is 5. The quantitative estimate of drug-likeness (QED) is 0.449. The van der Waals surface area contributed by atoms with E-state index in [1.165, 1.54) is 34.4 Å². The molecule has 0 unspecified atom stereocenters. The molecule has 0 atom stereocenters. The number of amides is 2. The van der Waals surface area contributed by atoms with Gasteiger partial charge in [-0.25, -0.2) is 4.79 Å². The lowest BCUT2D eigenvalue weighted by Gasteiger charge is -2.14. The number of thiocarbonyl (C=S) groups is 1. The molecule has 2 aromatic rings. The first-order valence-electron chi connectivity index (χ1n) is 9.85. The highest BCUT2D eigenvalue weighted by atomic mass is 32.2. The average Bonchev–Trinajstić information content (AvgIpc) is 3.01. The first kappa shape index (κ1) is 22.7. The highest BCUT2D eigenvalue weighted by Gasteiger charge is 2.31. The summed E-state index contributed by atoms with van der Waals surface area (Å²) in [7, 11) is 0. The molecule has 1 saturated heterocycles. The smallest absolute Gasteiger partial charge is 0.335 e. The van der Waals surface area contributed by atoms with Gasteiger partial charge in [0.25, 0.3) is 5.91 Å². The van der Waals surface area contributed by atoms with Crippen LogP contribution in [0.15, 0.2) is 53.4 Å². The molecular formula is C23H22N2O4S2. The van der Waals surface area contributed by atoms with E-state index in [1.807, 2.05) is 30.3 Å². The lowest BCUT2D eigenvalue weighted by molar-refractivity contribution is -0.122. The molecule has 3 rings (SSSR count). The van der Waals surface area contributed by atoms with Crippen molar-refractivity contribution in [2.45, 2.75) is 26.2 Å². The maximum Gasteiger partial charge on any atom is 0.335 e. The van der Waals surface area contributed by atoms with Crippen LogP contribution in [-0.4, -0.2) is 38.7 Å². The summed E-state index contributed by atoms with van der Waals surface area (Å²) in [5, 5.41) is 11.7. The Labute approximate surface area is 190 Å². The number of rotatable bonds is 8. The third kappa shape index (κ3) is 6.02. The molecule has 31 heavy (non-hydrogen) atoms. The molecule has 0 aliphatic carbocycles. The predicted molar refractivity (Wildman–Crippen MR) is 127 cm³/mol. The van der Waals surface area contributed by atoms with E-state index in [0.717, 1.165) is 12.0 Å². The molecule has 6 nitrogen and oxygen atoms in total. The highest BCUT2D eigenvalue weighted by molar-refractivity contribution is 8.26. The molecule has 2 N–H and O–H groups in total. The van der Waals surface area contributed by atoms with E-state index in [2.05, 4.69) is 12.2 Å². The van der Waals surface area contributed by atoms with Gasteiger partial charge in [-0.2, -0.15) is 0 Å². The fraction of sp³-hybridized carbons (Fsp3) is 0.217. The molecule has 1 fully saturated rings. The summed E-state index contributed by atoms with van der Waals surface area (Å²) in [6, 6.07) is 14.1. The van der Waals surface area contributed by atoms with Crippen molar-refractivity contribution in [3.8, 4) is 0 Å². The van der Waals surface area contributed by atoms with Gasteiger partial charge in [-0.05, 0) is 48.2 Å². The Kier molecular flexibility index (Phi) is 7.59. The maximum atomic E-state index is 12.7. The molecule has 8 heteroatoms. The number of benzene rings is 2. The number of thioether (sulfide) groups is 1. The summed E-state index contributed by atoms with van der Waals surface area (Å²) in [4.78, 5) is 38.0. The van der Waals surface area contributed by atoms with Gasteiger partial charge in [-0.1, -0.05) is 61.2 Å². The number of aromatic carboxylic acids is 1. The molecule has 1 aliphatic rings. The molecule has 1 aliphatic heterocycles. The van der Waals surface area contributed by atoms with E-state index in [0.29, 0.717) is 27.9 Å². The number of nitrogens with zero attached hydrogens (tertiary/aromatic N) is 1. The minimum atomic E-state index is -1.06. The van der Waals surface area contributed by atoms with Crippen LogP contribution in [0.2, 0.25) is 0 Å². The Hall–Kier alpha value is -2.97. The zero-order valence-electron chi connectivity index (χ0n) is 17.0. The minimum absolute atomic E-state index is 0.103. The Morgan fingerprint density at radius 2 is 1.94 bits per heavy atom. The number of carboxylic acid groups (broad SMARTS) is 1. The summed E-state index contributed by atoms with van der Waals surface area (Å²) < 4.78 is 0.482. The zero-order valence-corrected chi connectivity index (χ0v) is 18.6. The van der Waals surface area contributed by atoms with E-state index in [-0.39, 0.29) is 23.8 Å². The second-order valence-electron chi connectivity index (χ2n) is 6.97. The van der Waals surface area contributed by atoms with Crippen molar-refractivity contribution >= 4 is 57.8 Å². The Morgan fingerprint density at radius 3 is 2.61 bits per heavy atom. The molecule has 2 aromatic carbocycles. The van der Waals surface area contributed by atoms with Gasteiger partial charge in [0.2, 0.25) is 5.91 Å². The molecule has 0 spiro atoms. The van der Waals surface area contributed by atoms with E-state index in [9.17, 15) is 14.4 Å². The maximum absolute atomic E-state index is 12.7. The fourth-order valence-electron chi connectivity index (χ4n) is 3.04. The molecule has 0 saturated carbocycles. The Bertz CT molecular complexity index is 1050. The third-order valence-electron chi connectivity index (χ3n) is 4.74. The largest absolute Gasteiger partial charge is 0.478 e. The van der Waals surface area contributed by atoms with Crippen molar-refractivity contribution in [2.75, 3.05) is 11.9 Å². The van der Waals surface area contributed by atoms with Gasteiger partial charge in [0.05, 0.1) is 10.5 Å². The summed E-state index contributed by atoms with van der Waals surface area (Å²) in [6.45, 7) is 2.44. The van der Waals surface area contributed by atoms with Crippen molar-refractivity contribution in [3.05, 3.63) is 70.1 Å². The number of nitrogens with one attached hydrogen (secondary N) is 1. The molecule has 0 aromatic heterocycles. The van der Waals surface area contributed by atoms with Crippen molar-refractivity contribution in [1.29, 1.82) is 0 Å².